The molecule has 2 rings (SSSR count). The lowest BCUT2D eigenvalue weighted by Gasteiger charge is -2.20. The molecule has 98 valence electrons. The molecule has 1 aliphatic rings. The van der Waals surface area contributed by atoms with Gasteiger partial charge in [0.2, 0.25) is 5.91 Å². The molecule has 0 radical (unpaired) electrons. The van der Waals surface area contributed by atoms with E-state index in [1.807, 2.05) is 36.9 Å². The van der Waals surface area contributed by atoms with E-state index in [1.165, 1.54) is 24.3 Å². The lowest BCUT2D eigenvalue weighted by molar-refractivity contribution is -0.117. The quantitative estimate of drug-likeness (QED) is 0.900. The topological polar surface area (TPSA) is 29.1 Å². The molecule has 1 aromatic rings. The first-order valence-corrected chi connectivity index (χ1v) is 8.23. The van der Waals surface area contributed by atoms with Crippen molar-refractivity contribution in [2.24, 2.45) is 5.92 Å². The number of hydrogen-bond donors (Lipinski definition) is 1. The van der Waals surface area contributed by atoms with Crippen LogP contribution in [0.5, 0.6) is 0 Å². The molecule has 18 heavy (non-hydrogen) atoms. The van der Waals surface area contributed by atoms with Crippen LogP contribution in [0.2, 0.25) is 0 Å². The highest BCUT2D eigenvalue weighted by molar-refractivity contribution is 9.10. The number of benzene rings is 1. The van der Waals surface area contributed by atoms with Crippen LogP contribution in [-0.4, -0.2) is 17.4 Å². The van der Waals surface area contributed by atoms with E-state index in [9.17, 15) is 4.79 Å². The van der Waals surface area contributed by atoms with Gasteiger partial charge in [-0.05, 0) is 54.9 Å². The Morgan fingerprint density at radius 2 is 2.17 bits per heavy atom. The van der Waals surface area contributed by atoms with Gasteiger partial charge in [-0.25, -0.2) is 0 Å². The summed E-state index contributed by atoms with van der Waals surface area (Å²) in [5.74, 6) is 3.12. The monoisotopic (exact) mass is 327 g/mol. The number of thioether (sulfide) groups is 1. The molecular formula is C14H18BrNOS. The second-order valence-corrected chi connectivity index (χ2v) is 6.91. The number of carbonyl (C=O) groups is 1. The summed E-state index contributed by atoms with van der Waals surface area (Å²) >= 11 is 5.43. The van der Waals surface area contributed by atoms with Crippen molar-refractivity contribution in [1.82, 2.24) is 0 Å². The molecule has 1 amide bonds. The molecule has 0 aliphatic carbocycles. The summed E-state index contributed by atoms with van der Waals surface area (Å²) in [6, 6.07) is 5.96. The van der Waals surface area contributed by atoms with E-state index in [-0.39, 0.29) is 5.91 Å². The average Bonchev–Trinajstić information content (AvgIpc) is 2.35. The lowest BCUT2D eigenvalue weighted by atomic mass is 9.98. The van der Waals surface area contributed by atoms with Crippen molar-refractivity contribution in [3.05, 3.63) is 28.2 Å². The minimum absolute atomic E-state index is 0.146. The van der Waals surface area contributed by atoms with Crippen LogP contribution >= 0.6 is 27.7 Å². The van der Waals surface area contributed by atoms with Gasteiger partial charge in [0.05, 0.1) is 0 Å². The predicted molar refractivity (Wildman–Crippen MR) is 82.2 cm³/mol. The fraction of sp³-hybridized carbons (Fsp3) is 0.500. The second-order valence-electron chi connectivity index (χ2n) is 4.77. The molecular weight excluding hydrogens is 310 g/mol. The van der Waals surface area contributed by atoms with Crippen LogP contribution in [0.1, 0.15) is 24.8 Å². The van der Waals surface area contributed by atoms with Gasteiger partial charge in [-0.2, -0.15) is 11.8 Å². The van der Waals surface area contributed by atoms with E-state index >= 15 is 0 Å². The highest BCUT2D eigenvalue weighted by Gasteiger charge is 2.17. The molecule has 0 atom stereocenters. The smallest absolute Gasteiger partial charge is 0.224 e. The summed E-state index contributed by atoms with van der Waals surface area (Å²) in [5.41, 5.74) is 2.02. The number of anilines is 1. The van der Waals surface area contributed by atoms with Gasteiger partial charge in [0.1, 0.15) is 0 Å². The molecule has 1 heterocycles. The lowest BCUT2D eigenvalue weighted by Crippen LogP contribution is -2.20. The van der Waals surface area contributed by atoms with Gasteiger partial charge in [-0.15, -0.1) is 0 Å². The molecule has 2 nitrogen and oxygen atoms in total. The number of rotatable bonds is 3. The number of hydrogen-bond acceptors (Lipinski definition) is 2. The fourth-order valence-corrected chi connectivity index (χ4v) is 3.71. The average molecular weight is 328 g/mol. The first-order chi connectivity index (χ1) is 8.65. The minimum atomic E-state index is 0.146. The molecule has 1 N–H and O–H groups in total. The summed E-state index contributed by atoms with van der Waals surface area (Å²) in [6.45, 7) is 2.01. The maximum absolute atomic E-state index is 12.0. The standard InChI is InChI=1S/C14H18BrNOS/c1-10-2-3-12(15)9-13(10)16-14(17)8-11-4-6-18-7-5-11/h2-3,9,11H,4-8H2,1H3,(H,16,17). The Balaban J connectivity index is 1.92. The van der Waals surface area contributed by atoms with Gasteiger partial charge in [0, 0.05) is 16.6 Å². The number of carbonyl (C=O) groups excluding carboxylic acids is 1. The highest BCUT2D eigenvalue weighted by Crippen LogP contribution is 2.26. The normalized spacial score (nSPS) is 16.6. The molecule has 0 saturated carbocycles. The van der Waals surface area contributed by atoms with Crippen LogP contribution in [0, 0.1) is 12.8 Å². The zero-order valence-corrected chi connectivity index (χ0v) is 12.9. The third kappa shape index (κ3) is 4.02. The van der Waals surface area contributed by atoms with Crippen molar-refractivity contribution < 1.29 is 4.79 Å². The van der Waals surface area contributed by atoms with E-state index in [0.29, 0.717) is 12.3 Å². The third-order valence-corrected chi connectivity index (χ3v) is 4.83. The number of aryl methyl sites for hydroxylation is 1. The molecule has 4 heteroatoms. The molecule has 1 saturated heterocycles. The Hall–Kier alpha value is -0.480. The Morgan fingerprint density at radius 1 is 1.44 bits per heavy atom. The molecule has 0 spiro atoms. The van der Waals surface area contributed by atoms with Gasteiger partial charge in [0.15, 0.2) is 0 Å². The summed E-state index contributed by atoms with van der Waals surface area (Å²) < 4.78 is 0.998. The first-order valence-electron chi connectivity index (χ1n) is 6.29. The molecule has 0 bridgehead atoms. The summed E-state index contributed by atoms with van der Waals surface area (Å²) in [7, 11) is 0. The van der Waals surface area contributed by atoms with Gasteiger partial charge in [-0.1, -0.05) is 22.0 Å². The molecule has 0 aromatic heterocycles. The maximum Gasteiger partial charge on any atom is 0.224 e. The SMILES string of the molecule is Cc1ccc(Br)cc1NC(=O)CC1CCSCC1. The van der Waals surface area contributed by atoms with Gasteiger partial charge in [-0.3, -0.25) is 4.79 Å². The first kappa shape index (κ1) is 13.9. The molecule has 1 aromatic carbocycles. The van der Waals surface area contributed by atoms with Crippen LogP contribution in [0.3, 0.4) is 0 Å². The van der Waals surface area contributed by atoms with Crippen molar-refractivity contribution in [3.63, 3.8) is 0 Å². The second kappa shape index (κ2) is 6.62. The van der Waals surface area contributed by atoms with Crippen LogP contribution in [0.4, 0.5) is 5.69 Å². The Kier molecular flexibility index (Phi) is 5.13. The highest BCUT2D eigenvalue weighted by atomic mass is 79.9. The van der Waals surface area contributed by atoms with Gasteiger partial charge < -0.3 is 5.32 Å². The zero-order chi connectivity index (χ0) is 13.0. The third-order valence-electron chi connectivity index (χ3n) is 3.29. The van der Waals surface area contributed by atoms with Crippen LogP contribution in [0.25, 0.3) is 0 Å². The molecule has 1 fully saturated rings. The molecule has 1 aliphatic heterocycles. The van der Waals surface area contributed by atoms with Crippen LogP contribution in [0.15, 0.2) is 22.7 Å². The van der Waals surface area contributed by atoms with Crippen molar-refractivity contribution in [1.29, 1.82) is 0 Å². The van der Waals surface area contributed by atoms with E-state index < -0.39 is 0 Å². The van der Waals surface area contributed by atoms with E-state index in [0.717, 1.165) is 15.7 Å². The van der Waals surface area contributed by atoms with Crippen molar-refractivity contribution in [2.45, 2.75) is 26.2 Å². The van der Waals surface area contributed by atoms with Gasteiger partial charge >= 0.3 is 0 Å². The maximum atomic E-state index is 12.0. The predicted octanol–water partition coefficient (Wildman–Crippen LogP) is 4.23. The zero-order valence-electron chi connectivity index (χ0n) is 10.5. The summed E-state index contributed by atoms with van der Waals surface area (Å²) in [5, 5.41) is 3.02. The Labute approximate surface area is 121 Å². The molecule has 0 unspecified atom stereocenters. The number of halogens is 1. The van der Waals surface area contributed by atoms with E-state index in [2.05, 4.69) is 21.2 Å². The van der Waals surface area contributed by atoms with Gasteiger partial charge in [0.25, 0.3) is 0 Å². The van der Waals surface area contributed by atoms with Crippen LogP contribution < -0.4 is 5.32 Å². The Bertz CT molecular complexity index is 430. The fourth-order valence-electron chi connectivity index (χ4n) is 2.14. The summed E-state index contributed by atoms with van der Waals surface area (Å²) in [6.07, 6.45) is 3.01. The minimum Gasteiger partial charge on any atom is -0.326 e. The number of nitrogens with one attached hydrogen (secondary N) is 1. The van der Waals surface area contributed by atoms with E-state index in [4.69, 9.17) is 0 Å². The van der Waals surface area contributed by atoms with Crippen molar-refractivity contribution in [2.75, 3.05) is 16.8 Å². The Morgan fingerprint density at radius 3 is 2.89 bits per heavy atom. The number of amides is 1. The van der Waals surface area contributed by atoms with Crippen LogP contribution in [-0.2, 0) is 4.79 Å². The van der Waals surface area contributed by atoms with E-state index in [1.54, 1.807) is 0 Å². The summed E-state index contributed by atoms with van der Waals surface area (Å²) in [4.78, 5) is 12.0. The van der Waals surface area contributed by atoms with Crippen molar-refractivity contribution in [3.8, 4) is 0 Å². The largest absolute Gasteiger partial charge is 0.326 e. The van der Waals surface area contributed by atoms with Crippen molar-refractivity contribution >= 4 is 39.3 Å².